The van der Waals surface area contributed by atoms with Crippen LogP contribution in [-0.2, 0) is 19.1 Å². The van der Waals surface area contributed by atoms with Crippen LogP contribution in [0, 0.1) is 0 Å². The van der Waals surface area contributed by atoms with Gasteiger partial charge < -0.3 is 19.7 Å². The highest BCUT2D eigenvalue weighted by atomic mass is 16.6. The van der Waals surface area contributed by atoms with Gasteiger partial charge in [0, 0.05) is 0 Å². The smallest absolute Gasteiger partial charge is 0.339 e. The van der Waals surface area contributed by atoms with E-state index in [1.807, 2.05) is 24.3 Å². The summed E-state index contributed by atoms with van der Waals surface area (Å²) in [6, 6.07) is 36.0. The highest BCUT2D eigenvalue weighted by Gasteiger charge is 2.36. The van der Waals surface area contributed by atoms with Crippen LogP contribution in [0.1, 0.15) is 34.5 Å². The standard InChI is InChI=1S/C30H26O6/c31-25(29(33)35-27(21-13-5-1-6-14-21)22-15-7-2-8-16-22)26(32)30(34)36-28(23-17-9-3-10-18-23)24-19-11-4-12-20-24/h1-20,25-28,31-32H/t25-,26+. The molecule has 0 aliphatic heterocycles. The largest absolute Gasteiger partial charge is 0.451 e. The van der Waals surface area contributed by atoms with Gasteiger partial charge >= 0.3 is 11.9 Å². The van der Waals surface area contributed by atoms with Crippen molar-refractivity contribution in [2.75, 3.05) is 0 Å². The summed E-state index contributed by atoms with van der Waals surface area (Å²) in [7, 11) is 0. The number of aliphatic hydroxyl groups excluding tert-OH is 2. The van der Waals surface area contributed by atoms with Gasteiger partial charge in [-0.3, -0.25) is 0 Å². The molecular weight excluding hydrogens is 456 g/mol. The summed E-state index contributed by atoms with van der Waals surface area (Å²) < 4.78 is 11.1. The summed E-state index contributed by atoms with van der Waals surface area (Å²) in [5.74, 6) is -2.29. The van der Waals surface area contributed by atoms with Gasteiger partial charge in [0.2, 0.25) is 0 Å². The van der Waals surface area contributed by atoms with Gasteiger partial charge in [-0.05, 0) is 22.3 Å². The molecule has 0 amide bonds. The van der Waals surface area contributed by atoms with Gasteiger partial charge in [-0.2, -0.15) is 0 Å². The Bertz CT molecular complexity index is 1070. The Morgan fingerprint density at radius 3 is 0.889 bits per heavy atom. The van der Waals surface area contributed by atoms with Crippen LogP contribution in [0.25, 0.3) is 0 Å². The first-order valence-electron chi connectivity index (χ1n) is 11.5. The van der Waals surface area contributed by atoms with Gasteiger partial charge in [0.15, 0.2) is 24.4 Å². The highest BCUT2D eigenvalue weighted by Crippen LogP contribution is 2.28. The first-order valence-corrected chi connectivity index (χ1v) is 11.5. The van der Waals surface area contributed by atoms with Crippen LogP contribution in [-0.4, -0.2) is 34.4 Å². The van der Waals surface area contributed by atoms with Gasteiger partial charge in [0.25, 0.3) is 0 Å². The summed E-state index contributed by atoms with van der Waals surface area (Å²) in [6.45, 7) is 0. The zero-order chi connectivity index (χ0) is 25.3. The van der Waals surface area contributed by atoms with E-state index >= 15 is 0 Å². The summed E-state index contributed by atoms with van der Waals surface area (Å²) >= 11 is 0. The van der Waals surface area contributed by atoms with Crippen molar-refractivity contribution in [3.63, 3.8) is 0 Å². The van der Waals surface area contributed by atoms with E-state index < -0.39 is 36.4 Å². The average molecular weight is 483 g/mol. The lowest BCUT2D eigenvalue weighted by Gasteiger charge is -2.24. The van der Waals surface area contributed by atoms with Gasteiger partial charge in [-0.25, -0.2) is 9.59 Å². The third-order valence-electron chi connectivity index (χ3n) is 5.66. The van der Waals surface area contributed by atoms with E-state index in [1.165, 1.54) is 0 Å². The van der Waals surface area contributed by atoms with Crippen molar-refractivity contribution in [3.05, 3.63) is 144 Å². The molecule has 0 aliphatic carbocycles. The predicted molar refractivity (Wildman–Crippen MR) is 134 cm³/mol. The number of carbonyl (C=O) groups excluding carboxylic acids is 2. The SMILES string of the molecule is O=C(OC(c1ccccc1)c1ccccc1)[C@@H](O)[C@@H](O)C(=O)OC(c1ccccc1)c1ccccc1. The molecule has 0 saturated carbocycles. The molecule has 36 heavy (non-hydrogen) atoms. The van der Waals surface area contributed by atoms with Crippen molar-refractivity contribution in [2.45, 2.75) is 24.4 Å². The lowest BCUT2D eigenvalue weighted by atomic mass is 10.0. The van der Waals surface area contributed by atoms with Crippen LogP contribution in [0.2, 0.25) is 0 Å². The lowest BCUT2D eigenvalue weighted by molar-refractivity contribution is -0.177. The molecule has 0 aromatic heterocycles. The molecule has 6 nitrogen and oxygen atoms in total. The molecule has 0 radical (unpaired) electrons. The van der Waals surface area contributed by atoms with Crippen LogP contribution in [0.3, 0.4) is 0 Å². The van der Waals surface area contributed by atoms with E-state index in [4.69, 9.17) is 9.47 Å². The molecule has 0 saturated heterocycles. The lowest BCUT2D eigenvalue weighted by Crippen LogP contribution is -2.42. The van der Waals surface area contributed by atoms with Gasteiger partial charge in [-0.15, -0.1) is 0 Å². The highest BCUT2D eigenvalue weighted by molar-refractivity contribution is 5.85. The zero-order valence-electron chi connectivity index (χ0n) is 19.4. The normalized spacial score (nSPS) is 12.7. The molecule has 0 aliphatic rings. The summed E-state index contributed by atoms with van der Waals surface area (Å²) in [6.07, 6.45) is -5.95. The van der Waals surface area contributed by atoms with Crippen LogP contribution in [0.4, 0.5) is 0 Å². The van der Waals surface area contributed by atoms with Crippen LogP contribution in [0.15, 0.2) is 121 Å². The molecule has 6 heteroatoms. The van der Waals surface area contributed by atoms with E-state index in [1.54, 1.807) is 97.1 Å². The molecule has 2 N–H and O–H groups in total. The fourth-order valence-electron chi connectivity index (χ4n) is 3.80. The van der Waals surface area contributed by atoms with Gasteiger partial charge in [0.05, 0.1) is 0 Å². The van der Waals surface area contributed by atoms with Crippen molar-refractivity contribution in [1.82, 2.24) is 0 Å². The Labute approximate surface area is 209 Å². The third kappa shape index (κ3) is 6.05. The van der Waals surface area contributed by atoms with E-state index in [2.05, 4.69) is 0 Å². The molecule has 4 aromatic rings. The Balaban J connectivity index is 1.50. The third-order valence-corrected chi connectivity index (χ3v) is 5.66. The van der Waals surface area contributed by atoms with Crippen LogP contribution < -0.4 is 0 Å². The second-order valence-corrected chi connectivity index (χ2v) is 8.17. The Morgan fingerprint density at radius 2 is 0.667 bits per heavy atom. The maximum absolute atomic E-state index is 12.8. The fraction of sp³-hybridized carbons (Fsp3) is 0.133. The number of ether oxygens (including phenoxy) is 2. The summed E-state index contributed by atoms with van der Waals surface area (Å²) in [4.78, 5) is 25.7. The minimum atomic E-state index is -2.14. The molecule has 0 fully saturated rings. The second-order valence-electron chi connectivity index (χ2n) is 8.17. The maximum atomic E-state index is 12.8. The molecule has 4 aromatic carbocycles. The summed E-state index contributed by atoms with van der Waals surface area (Å²) in [5, 5.41) is 21.1. The van der Waals surface area contributed by atoms with E-state index in [0.717, 1.165) is 0 Å². The topological polar surface area (TPSA) is 93.1 Å². The molecule has 182 valence electrons. The van der Waals surface area contributed by atoms with E-state index in [-0.39, 0.29) is 0 Å². The van der Waals surface area contributed by atoms with Gasteiger partial charge in [-0.1, -0.05) is 121 Å². The van der Waals surface area contributed by atoms with Crippen molar-refractivity contribution < 1.29 is 29.3 Å². The number of carbonyl (C=O) groups is 2. The zero-order valence-corrected chi connectivity index (χ0v) is 19.4. The molecule has 0 heterocycles. The predicted octanol–water partition coefficient (Wildman–Crippen LogP) is 4.37. The number of rotatable bonds is 9. The monoisotopic (exact) mass is 482 g/mol. The minimum Gasteiger partial charge on any atom is -0.451 e. The number of hydrogen-bond donors (Lipinski definition) is 2. The maximum Gasteiger partial charge on any atom is 0.339 e. The quantitative estimate of drug-likeness (QED) is 0.344. The van der Waals surface area contributed by atoms with E-state index in [0.29, 0.717) is 22.3 Å². The molecule has 0 unspecified atom stereocenters. The van der Waals surface area contributed by atoms with Crippen molar-refractivity contribution in [1.29, 1.82) is 0 Å². The van der Waals surface area contributed by atoms with Gasteiger partial charge in [0.1, 0.15) is 0 Å². The number of hydrogen-bond acceptors (Lipinski definition) is 6. The molecule has 0 spiro atoms. The average Bonchev–Trinajstić information content (AvgIpc) is 2.95. The van der Waals surface area contributed by atoms with E-state index in [9.17, 15) is 19.8 Å². The minimum absolute atomic E-state index is 0.675. The van der Waals surface area contributed by atoms with Crippen molar-refractivity contribution >= 4 is 11.9 Å². The fourth-order valence-corrected chi connectivity index (χ4v) is 3.80. The summed E-state index contributed by atoms with van der Waals surface area (Å²) in [5.41, 5.74) is 2.70. The Hall–Kier alpha value is -4.26. The Morgan fingerprint density at radius 1 is 0.444 bits per heavy atom. The van der Waals surface area contributed by atoms with Crippen LogP contribution >= 0.6 is 0 Å². The Kier molecular flexibility index (Phi) is 8.24. The molecule has 2 atom stereocenters. The number of aliphatic hydroxyl groups is 2. The first kappa shape index (κ1) is 24.9. The molecular formula is C30H26O6. The van der Waals surface area contributed by atoms with Crippen molar-refractivity contribution in [2.24, 2.45) is 0 Å². The number of esters is 2. The second kappa shape index (κ2) is 11.9. The first-order chi connectivity index (χ1) is 17.5. The van der Waals surface area contributed by atoms with Crippen molar-refractivity contribution in [3.8, 4) is 0 Å². The van der Waals surface area contributed by atoms with Crippen LogP contribution in [0.5, 0.6) is 0 Å². The number of benzene rings is 4. The molecule has 0 bridgehead atoms. The molecule has 4 rings (SSSR count).